The Kier molecular flexibility index (Phi) is 8.57. The molecule has 35 heavy (non-hydrogen) atoms. The van der Waals surface area contributed by atoms with E-state index in [-0.39, 0.29) is 17.8 Å². The number of amides is 1. The van der Waals surface area contributed by atoms with E-state index < -0.39 is 0 Å². The van der Waals surface area contributed by atoms with Crippen LogP contribution >= 0.6 is 23.1 Å². The number of carbonyl (C=O) groups excluding carboxylic acids is 1. The van der Waals surface area contributed by atoms with Gasteiger partial charge in [0.25, 0.3) is 0 Å². The third kappa shape index (κ3) is 6.49. The predicted molar refractivity (Wildman–Crippen MR) is 141 cm³/mol. The number of carbonyl (C=O) groups is 1. The molecule has 6 nitrogen and oxygen atoms in total. The summed E-state index contributed by atoms with van der Waals surface area (Å²) in [6, 6.07) is 14.5. The zero-order valence-electron chi connectivity index (χ0n) is 20.2. The van der Waals surface area contributed by atoms with Gasteiger partial charge in [0.15, 0.2) is 0 Å². The number of piperazine rings is 1. The molecule has 1 aliphatic heterocycles. The highest BCUT2D eigenvalue weighted by Gasteiger charge is 2.24. The lowest BCUT2D eigenvalue weighted by molar-refractivity contribution is -0.131. The predicted octanol–water partition coefficient (Wildman–Crippen LogP) is 5.27. The molecule has 0 bridgehead atoms. The van der Waals surface area contributed by atoms with Gasteiger partial charge in [-0.15, -0.1) is 0 Å². The van der Waals surface area contributed by atoms with Crippen molar-refractivity contribution < 1.29 is 9.18 Å². The lowest BCUT2D eigenvalue weighted by Gasteiger charge is -2.37. The lowest BCUT2D eigenvalue weighted by Crippen LogP contribution is -2.49. The van der Waals surface area contributed by atoms with E-state index in [9.17, 15) is 9.18 Å². The molecule has 1 unspecified atom stereocenters. The molecule has 9 heteroatoms. The van der Waals surface area contributed by atoms with Gasteiger partial charge in [-0.05, 0) is 43.2 Å². The minimum absolute atomic E-state index is 0.160. The summed E-state index contributed by atoms with van der Waals surface area (Å²) in [6.45, 7) is 7.80. The van der Waals surface area contributed by atoms with Crippen molar-refractivity contribution in [3.8, 4) is 0 Å². The van der Waals surface area contributed by atoms with E-state index in [0.29, 0.717) is 38.3 Å². The number of hydrogen-bond donors (Lipinski definition) is 0. The summed E-state index contributed by atoms with van der Waals surface area (Å²) >= 11 is 7.70. The van der Waals surface area contributed by atoms with E-state index in [4.69, 9.17) is 16.6 Å². The lowest BCUT2D eigenvalue weighted by atomic mass is 10.1. The second-order valence-electron chi connectivity index (χ2n) is 8.82. The molecule has 2 aromatic carbocycles. The Bertz CT molecular complexity index is 1120. The van der Waals surface area contributed by atoms with Crippen LogP contribution in [-0.4, -0.2) is 58.9 Å². The van der Waals surface area contributed by atoms with Gasteiger partial charge < -0.3 is 14.7 Å². The second-order valence-corrected chi connectivity index (χ2v) is 9.95. The Morgan fingerprint density at radius 3 is 2.54 bits per heavy atom. The summed E-state index contributed by atoms with van der Waals surface area (Å²) in [5, 5.41) is 1.57. The Hall–Kier alpha value is -2.71. The molecule has 0 radical (unpaired) electrons. The normalized spacial score (nSPS) is 14.7. The smallest absolute Gasteiger partial charge is 0.224 e. The zero-order chi connectivity index (χ0) is 24.8. The number of aromatic nitrogens is 2. The van der Waals surface area contributed by atoms with Crippen LogP contribution in [0.15, 0.2) is 48.5 Å². The molecule has 1 saturated heterocycles. The fourth-order valence-electron chi connectivity index (χ4n) is 4.22. The van der Waals surface area contributed by atoms with Crippen LogP contribution in [0, 0.1) is 5.82 Å². The van der Waals surface area contributed by atoms with Crippen molar-refractivity contribution in [1.82, 2.24) is 14.3 Å². The Labute approximate surface area is 215 Å². The molecule has 1 amide bonds. The van der Waals surface area contributed by atoms with Crippen LogP contribution in [0.25, 0.3) is 0 Å². The molecule has 186 valence electrons. The molecule has 0 N–H and O–H groups in total. The Balaban J connectivity index is 1.33. The monoisotopic (exact) mass is 515 g/mol. The molecule has 1 aliphatic rings. The van der Waals surface area contributed by atoms with Crippen molar-refractivity contribution >= 4 is 39.9 Å². The average molecular weight is 516 g/mol. The van der Waals surface area contributed by atoms with E-state index in [1.165, 1.54) is 23.7 Å². The van der Waals surface area contributed by atoms with Crippen molar-refractivity contribution in [3.05, 3.63) is 70.8 Å². The molecule has 0 spiro atoms. The summed E-state index contributed by atoms with van der Waals surface area (Å²) in [6.07, 6.45) is 1.93. The van der Waals surface area contributed by atoms with Crippen molar-refractivity contribution in [3.63, 3.8) is 0 Å². The van der Waals surface area contributed by atoms with Gasteiger partial charge in [-0.1, -0.05) is 42.8 Å². The summed E-state index contributed by atoms with van der Waals surface area (Å²) in [4.78, 5) is 24.1. The summed E-state index contributed by atoms with van der Waals surface area (Å²) in [5.74, 6) is 0.624. The number of nitrogens with zero attached hydrogens (tertiary/aromatic N) is 5. The van der Waals surface area contributed by atoms with Crippen molar-refractivity contribution in [2.24, 2.45) is 0 Å². The van der Waals surface area contributed by atoms with Crippen molar-refractivity contribution in [2.75, 3.05) is 42.5 Å². The third-order valence-corrected chi connectivity index (χ3v) is 7.60. The first-order valence-electron chi connectivity index (χ1n) is 12.1. The van der Waals surface area contributed by atoms with Crippen LogP contribution in [0.5, 0.6) is 0 Å². The molecule has 3 aromatic rings. The number of benzene rings is 2. The van der Waals surface area contributed by atoms with Gasteiger partial charge in [0, 0.05) is 63.1 Å². The van der Waals surface area contributed by atoms with Gasteiger partial charge in [-0.25, -0.2) is 9.37 Å². The number of rotatable bonds is 9. The highest BCUT2D eigenvalue weighted by atomic mass is 35.5. The van der Waals surface area contributed by atoms with Crippen molar-refractivity contribution in [1.29, 1.82) is 0 Å². The topological polar surface area (TPSA) is 52.6 Å². The highest BCUT2D eigenvalue weighted by molar-refractivity contribution is 7.09. The molecule has 0 saturated carbocycles. The van der Waals surface area contributed by atoms with E-state index >= 15 is 0 Å². The number of para-hydroxylation sites is 1. The maximum atomic E-state index is 13.2. The third-order valence-electron chi connectivity index (χ3n) is 6.49. The van der Waals surface area contributed by atoms with Gasteiger partial charge >= 0.3 is 0 Å². The second kappa shape index (κ2) is 11.8. The first-order chi connectivity index (χ1) is 16.9. The Morgan fingerprint density at radius 2 is 1.86 bits per heavy atom. The first kappa shape index (κ1) is 25.4. The van der Waals surface area contributed by atoms with Crippen LogP contribution in [-0.2, 0) is 11.2 Å². The molecule has 4 rings (SSSR count). The van der Waals surface area contributed by atoms with E-state index in [2.05, 4.69) is 28.0 Å². The summed E-state index contributed by atoms with van der Waals surface area (Å²) in [5.41, 5.74) is 1.99. The van der Waals surface area contributed by atoms with Crippen LogP contribution in [0.4, 0.5) is 15.2 Å². The number of halogens is 2. The molecule has 0 aliphatic carbocycles. The fraction of sp³-hybridized carbons (Fsp3) is 0.423. The average Bonchev–Trinajstić information content (AvgIpc) is 3.33. The van der Waals surface area contributed by atoms with Crippen molar-refractivity contribution in [2.45, 2.75) is 39.2 Å². The van der Waals surface area contributed by atoms with Gasteiger partial charge in [-0.3, -0.25) is 4.79 Å². The molecular formula is C26H31ClFN5OS. The molecule has 1 fully saturated rings. The van der Waals surface area contributed by atoms with Gasteiger partial charge in [-0.2, -0.15) is 4.37 Å². The number of anilines is 2. The van der Waals surface area contributed by atoms with Crippen LogP contribution < -0.4 is 9.80 Å². The summed E-state index contributed by atoms with van der Waals surface area (Å²) in [7, 11) is 0. The maximum absolute atomic E-state index is 13.2. The van der Waals surface area contributed by atoms with Gasteiger partial charge in [0.05, 0.1) is 10.7 Å². The maximum Gasteiger partial charge on any atom is 0.224 e. The first-order valence-corrected chi connectivity index (χ1v) is 13.2. The van der Waals surface area contributed by atoms with E-state index in [1.807, 2.05) is 29.2 Å². The van der Waals surface area contributed by atoms with Crippen LogP contribution in [0.2, 0.25) is 5.02 Å². The molecule has 1 atom stereocenters. The largest absolute Gasteiger partial charge is 0.367 e. The van der Waals surface area contributed by atoms with Crippen LogP contribution in [0.1, 0.15) is 38.1 Å². The minimum atomic E-state index is -0.251. The van der Waals surface area contributed by atoms with E-state index in [1.54, 1.807) is 12.1 Å². The zero-order valence-corrected chi connectivity index (χ0v) is 21.7. The van der Waals surface area contributed by atoms with Gasteiger partial charge in [0.1, 0.15) is 11.6 Å². The van der Waals surface area contributed by atoms with Gasteiger partial charge in [0.2, 0.25) is 11.0 Å². The highest BCUT2D eigenvalue weighted by Crippen LogP contribution is 2.26. The minimum Gasteiger partial charge on any atom is -0.367 e. The van der Waals surface area contributed by atoms with E-state index in [0.717, 1.165) is 40.9 Å². The quantitative estimate of drug-likeness (QED) is 0.389. The Morgan fingerprint density at radius 1 is 1.14 bits per heavy atom. The number of hydrogen-bond acceptors (Lipinski definition) is 6. The standard InChI is InChI=1S/C26H31ClFN5OS/c1-3-19(2)33(26-29-24(30-35-26)18-20-8-10-21(28)11-9-20)13-12-25(34)32-16-14-31(15-17-32)23-7-5-4-6-22(23)27/h4-11,19H,3,12-18H2,1-2H3. The molecular weight excluding hydrogens is 485 g/mol. The molecule has 1 aromatic heterocycles. The fourth-order valence-corrected chi connectivity index (χ4v) is 5.29. The molecule has 2 heterocycles. The SMILES string of the molecule is CCC(C)N(CCC(=O)N1CCN(c2ccccc2Cl)CC1)c1nc(Cc2ccc(F)cc2)ns1. The van der Waals surface area contributed by atoms with Crippen LogP contribution in [0.3, 0.4) is 0 Å². The summed E-state index contributed by atoms with van der Waals surface area (Å²) < 4.78 is 17.7.